The highest BCUT2D eigenvalue weighted by Gasteiger charge is 2.45. The fourth-order valence-electron chi connectivity index (χ4n) is 3.63. The summed E-state index contributed by atoms with van der Waals surface area (Å²) < 4.78 is 15.4. The molecule has 0 aromatic heterocycles. The van der Waals surface area contributed by atoms with Crippen molar-refractivity contribution in [3.05, 3.63) is 0 Å². The lowest BCUT2D eigenvalue weighted by Crippen LogP contribution is -2.60. The number of hydrogen-bond donors (Lipinski definition) is 12. The summed E-state index contributed by atoms with van der Waals surface area (Å²) in [6.07, 6.45) is -22.2. The van der Waals surface area contributed by atoms with Crippen LogP contribution in [0.2, 0.25) is 0 Å². The van der Waals surface area contributed by atoms with Crippen LogP contribution in [0.1, 0.15) is 26.7 Å². The van der Waals surface area contributed by atoms with E-state index in [4.69, 9.17) is 19.3 Å². The Morgan fingerprint density at radius 1 is 0.667 bits per heavy atom. The Hall–Kier alpha value is -0.600. The first-order valence-electron chi connectivity index (χ1n) is 11.7. The van der Waals surface area contributed by atoms with Crippen LogP contribution in [0.25, 0.3) is 0 Å². The smallest absolute Gasteiger partial charge is 0.183 e. The van der Waals surface area contributed by atoms with Gasteiger partial charge in [0.1, 0.15) is 48.8 Å². The number of rotatable bonds is 16. The topological polar surface area (TPSA) is 270 Å². The minimum Gasteiger partial charge on any atom is -0.396 e. The Balaban J connectivity index is 2.49. The minimum atomic E-state index is -2.05. The Bertz CT molecular complexity index is 598. The second-order valence-electron chi connectivity index (χ2n) is 9.24. The van der Waals surface area contributed by atoms with Crippen molar-refractivity contribution in [2.45, 2.75) is 106 Å². The van der Waals surface area contributed by atoms with Crippen molar-refractivity contribution < 1.29 is 75.5 Å². The van der Waals surface area contributed by atoms with Gasteiger partial charge in [-0.05, 0) is 18.8 Å². The molecule has 0 radical (unpaired) electrons. The van der Waals surface area contributed by atoms with E-state index in [1.54, 1.807) is 13.8 Å². The average Bonchev–Trinajstić information content (AvgIpc) is 2.84. The summed E-state index contributed by atoms with van der Waals surface area (Å²) >= 11 is 0. The highest BCUT2D eigenvalue weighted by Crippen LogP contribution is 2.26. The molecule has 1 fully saturated rings. The van der Waals surface area contributed by atoms with Crippen LogP contribution in [-0.2, 0) is 14.2 Å². The Kier molecular flexibility index (Phi) is 14.6. The quantitative estimate of drug-likeness (QED) is 0.0822. The van der Waals surface area contributed by atoms with Gasteiger partial charge in [-0.15, -0.1) is 0 Å². The van der Waals surface area contributed by atoms with Crippen molar-refractivity contribution in [2.24, 2.45) is 5.92 Å². The van der Waals surface area contributed by atoms with Gasteiger partial charge in [0.2, 0.25) is 0 Å². The van der Waals surface area contributed by atoms with Gasteiger partial charge in [0, 0.05) is 6.61 Å². The molecule has 15 nitrogen and oxygen atoms in total. The summed E-state index contributed by atoms with van der Waals surface area (Å²) in [5.74, 6) is -0.229. The maximum atomic E-state index is 10.1. The normalized spacial score (nSPS) is 31.9. The van der Waals surface area contributed by atoms with E-state index >= 15 is 0 Å². The third-order valence-corrected chi connectivity index (χ3v) is 6.04. The lowest BCUT2D eigenvalue weighted by Gasteiger charge is -2.42. The van der Waals surface area contributed by atoms with Crippen LogP contribution in [0.5, 0.6) is 0 Å². The Labute approximate surface area is 208 Å². The number of ether oxygens (including phenoxy) is 3. The first kappa shape index (κ1) is 33.4. The first-order valence-corrected chi connectivity index (χ1v) is 11.7. The van der Waals surface area contributed by atoms with Crippen molar-refractivity contribution >= 4 is 0 Å². The van der Waals surface area contributed by atoms with Gasteiger partial charge in [-0.3, -0.25) is 0 Å². The highest BCUT2D eigenvalue weighted by molar-refractivity contribution is 4.93. The molecular formula is C21H42O15. The van der Waals surface area contributed by atoms with E-state index in [1.807, 2.05) is 0 Å². The van der Waals surface area contributed by atoms with Crippen LogP contribution >= 0.6 is 0 Å². The van der Waals surface area contributed by atoms with Gasteiger partial charge < -0.3 is 75.5 Å². The van der Waals surface area contributed by atoms with Gasteiger partial charge in [0.05, 0.1) is 31.5 Å². The summed E-state index contributed by atoms with van der Waals surface area (Å²) in [6, 6.07) is 0. The maximum absolute atomic E-state index is 10.1. The van der Waals surface area contributed by atoms with Crippen LogP contribution in [0.4, 0.5) is 0 Å². The zero-order chi connectivity index (χ0) is 27.7. The zero-order valence-corrected chi connectivity index (χ0v) is 20.2. The molecule has 0 aliphatic carbocycles. The molecule has 36 heavy (non-hydrogen) atoms. The van der Waals surface area contributed by atoms with Crippen LogP contribution in [-0.4, -0.2) is 161 Å². The van der Waals surface area contributed by atoms with Crippen LogP contribution < -0.4 is 0 Å². The van der Waals surface area contributed by atoms with E-state index < -0.39 is 106 Å². The third-order valence-electron chi connectivity index (χ3n) is 6.04. The monoisotopic (exact) mass is 534 g/mol. The molecule has 0 aromatic rings. The zero-order valence-electron chi connectivity index (χ0n) is 20.2. The molecule has 0 spiro atoms. The van der Waals surface area contributed by atoms with E-state index in [2.05, 4.69) is 0 Å². The number of aliphatic hydroxyl groups excluding tert-OH is 12. The van der Waals surface area contributed by atoms with Crippen molar-refractivity contribution in [1.82, 2.24) is 0 Å². The predicted octanol–water partition coefficient (Wildman–Crippen LogP) is -5.90. The van der Waals surface area contributed by atoms with Gasteiger partial charge >= 0.3 is 0 Å². The molecule has 1 heterocycles. The number of aliphatic hydroxyl groups is 12. The summed E-state index contributed by atoms with van der Waals surface area (Å²) in [7, 11) is 0. The van der Waals surface area contributed by atoms with Crippen molar-refractivity contribution in [3.63, 3.8) is 0 Å². The Morgan fingerprint density at radius 2 is 1.17 bits per heavy atom. The predicted molar refractivity (Wildman–Crippen MR) is 118 cm³/mol. The van der Waals surface area contributed by atoms with Crippen LogP contribution in [0, 0.1) is 5.92 Å². The van der Waals surface area contributed by atoms with Crippen LogP contribution in [0.3, 0.4) is 0 Å². The molecule has 0 bridgehead atoms. The van der Waals surface area contributed by atoms with E-state index in [1.165, 1.54) is 0 Å². The molecule has 0 saturated carbocycles. The molecule has 216 valence electrons. The van der Waals surface area contributed by atoms with E-state index in [0.29, 0.717) is 0 Å². The summed E-state index contributed by atoms with van der Waals surface area (Å²) in [5.41, 5.74) is 0. The molecule has 15 heteroatoms. The van der Waals surface area contributed by atoms with Gasteiger partial charge in [-0.25, -0.2) is 0 Å². The minimum absolute atomic E-state index is 0.229. The van der Waals surface area contributed by atoms with Crippen molar-refractivity contribution in [1.29, 1.82) is 0 Å². The van der Waals surface area contributed by atoms with Gasteiger partial charge in [-0.2, -0.15) is 0 Å². The molecule has 1 saturated heterocycles. The standard InChI is InChI=1S/C21H42O15/c1-8(2)19-16(29)15(28)14(27)11(36-19)7-35-21(33)18(31)13(26)10(24)4-6-34-20(32)17(30)12(25)9(23)3-5-22/h8-33H,3-7H2,1-2H3. The van der Waals surface area contributed by atoms with Gasteiger partial charge in [-0.1, -0.05) is 13.8 Å². The molecule has 13 atom stereocenters. The third kappa shape index (κ3) is 9.30. The molecule has 0 amide bonds. The average molecular weight is 535 g/mol. The Morgan fingerprint density at radius 3 is 1.67 bits per heavy atom. The van der Waals surface area contributed by atoms with Crippen molar-refractivity contribution in [3.8, 4) is 0 Å². The van der Waals surface area contributed by atoms with Gasteiger partial charge in [0.25, 0.3) is 0 Å². The number of hydrogen-bond acceptors (Lipinski definition) is 15. The highest BCUT2D eigenvalue weighted by atomic mass is 16.6. The molecule has 13 unspecified atom stereocenters. The fourth-order valence-corrected chi connectivity index (χ4v) is 3.63. The second kappa shape index (κ2) is 15.7. The SMILES string of the molecule is CC(C)C1OC(COC(O)C(O)C(O)C(O)CCOC(O)C(O)C(O)C(O)CCO)C(O)C(O)C1O. The molecular weight excluding hydrogens is 492 g/mol. The molecule has 1 rings (SSSR count). The first-order chi connectivity index (χ1) is 16.7. The molecule has 0 aromatic carbocycles. The van der Waals surface area contributed by atoms with E-state index in [9.17, 15) is 56.2 Å². The summed E-state index contributed by atoms with van der Waals surface area (Å²) in [4.78, 5) is 0. The largest absolute Gasteiger partial charge is 0.396 e. The lowest BCUT2D eigenvalue weighted by molar-refractivity contribution is -0.264. The summed E-state index contributed by atoms with van der Waals surface area (Å²) in [5, 5.41) is 118. The molecule has 1 aliphatic rings. The molecule has 12 N–H and O–H groups in total. The summed E-state index contributed by atoms with van der Waals surface area (Å²) in [6.45, 7) is 1.95. The van der Waals surface area contributed by atoms with E-state index in [-0.39, 0.29) is 12.3 Å². The van der Waals surface area contributed by atoms with Gasteiger partial charge in [0.15, 0.2) is 12.6 Å². The second-order valence-corrected chi connectivity index (χ2v) is 9.24. The van der Waals surface area contributed by atoms with Crippen LogP contribution in [0.15, 0.2) is 0 Å². The fraction of sp³-hybridized carbons (Fsp3) is 1.00. The lowest BCUT2D eigenvalue weighted by atomic mass is 9.89. The maximum Gasteiger partial charge on any atom is 0.183 e. The van der Waals surface area contributed by atoms with E-state index in [0.717, 1.165) is 0 Å². The molecule has 1 aliphatic heterocycles. The van der Waals surface area contributed by atoms with Crippen molar-refractivity contribution in [2.75, 3.05) is 19.8 Å².